The summed E-state index contributed by atoms with van der Waals surface area (Å²) >= 11 is 3.63. The monoisotopic (exact) mass is 267 g/mol. The number of fused-ring (bicyclic) bond motifs is 1. The van der Waals surface area contributed by atoms with Crippen molar-refractivity contribution in [3.63, 3.8) is 0 Å². The van der Waals surface area contributed by atoms with Crippen molar-refractivity contribution in [1.29, 1.82) is 0 Å². The highest BCUT2D eigenvalue weighted by Gasteiger charge is 2.27. The number of hydrogen-bond acceptors (Lipinski definition) is 1. The average Bonchev–Trinajstić information content (AvgIpc) is 2.16. The molecule has 0 unspecified atom stereocenters. The van der Waals surface area contributed by atoms with Crippen LogP contribution in [0.15, 0.2) is 16.6 Å². The van der Waals surface area contributed by atoms with Gasteiger partial charge in [-0.2, -0.15) is 0 Å². The van der Waals surface area contributed by atoms with E-state index in [0.717, 1.165) is 13.0 Å². The van der Waals surface area contributed by atoms with E-state index >= 15 is 0 Å². The highest BCUT2D eigenvalue weighted by Crippen LogP contribution is 2.39. The second-order valence-corrected chi connectivity index (χ2v) is 5.76. The maximum absolute atomic E-state index is 3.63. The van der Waals surface area contributed by atoms with Gasteiger partial charge in [-0.1, -0.05) is 42.8 Å². The number of hydrogen-bond donors (Lipinski definition) is 1. The van der Waals surface area contributed by atoms with E-state index in [4.69, 9.17) is 0 Å². The Bertz CT molecular complexity index is 382. The molecule has 1 heterocycles. The van der Waals surface area contributed by atoms with Gasteiger partial charge in [-0.25, -0.2) is 0 Å². The predicted molar refractivity (Wildman–Crippen MR) is 69.7 cm³/mol. The molecule has 0 saturated heterocycles. The molecule has 0 atom stereocenters. The molecule has 1 aromatic carbocycles. The Kier molecular flexibility index (Phi) is 2.80. The van der Waals surface area contributed by atoms with Crippen LogP contribution in [0.5, 0.6) is 0 Å². The lowest BCUT2D eigenvalue weighted by Gasteiger charge is -2.34. The van der Waals surface area contributed by atoms with Gasteiger partial charge in [0, 0.05) is 16.7 Å². The third-order valence-corrected chi connectivity index (χ3v) is 4.10. The van der Waals surface area contributed by atoms with Crippen LogP contribution in [-0.4, -0.2) is 6.54 Å². The summed E-state index contributed by atoms with van der Waals surface area (Å²) < 4.78 is 1.23. The number of rotatable bonds is 1. The molecule has 0 aliphatic carbocycles. The van der Waals surface area contributed by atoms with E-state index in [9.17, 15) is 0 Å². The van der Waals surface area contributed by atoms with Crippen molar-refractivity contribution in [2.75, 3.05) is 11.9 Å². The SMILES string of the molecule is CCc1cc2c(cc1Br)NCCC2(C)C. The Morgan fingerprint density at radius 3 is 2.80 bits per heavy atom. The van der Waals surface area contributed by atoms with Crippen LogP contribution in [0.4, 0.5) is 5.69 Å². The molecule has 15 heavy (non-hydrogen) atoms. The quantitative estimate of drug-likeness (QED) is 0.808. The molecular formula is C13H18BrN. The fraction of sp³-hybridized carbons (Fsp3) is 0.538. The normalized spacial score (nSPS) is 18.1. The summed E-state index contributed by atoms with van der Waals surface area (Å²) in [5.41, 5.74) is 4.49. The van der Waals surface area contributed by atoms with Gasteiger partial charge in [0.05, 0.1) is 0 Å². The highest BCUT2D eigenvalue weighted by atomic mass is 79.9. The Balaban J connectivity index is 2.56. The van der Waals surface area contributed by atoms with Crippen LogP contribution >= 0.6 is 15.9 Å². The molecule has 1 N–H and O–H groups in total. The smallest absolute Gasteiger partial charge is 0.0389 e. The van der Waals surface area contributed by atoms with E-state index in [2.05, 4.69) is 54.2 Å². The van der Waals surface area contributed by atoms with Gasteiger partial charge in [0.1, 0.15) is 0 Å². The minimum absolute atomic E-state index is 0.311. The van der Waals surface area contributed by atoms with Gasteiger partial charge in [-0.3, -0.25) is 0 Å². The van der Waals surface area contributed by atoms with Crippen LogP contribution in [0.2, 0.25) is 0 Å². The number of aryl methyl sites for hydroxylation is 1. The van der Waals surface area contributed by atoms with Gasteiger partial charge in [0.25, 0.3) is 0 Å². The van der Waals surface area contributed by atoms with E-state index in [-0.39, 0.29) is 0 Å². The Morgan fingerprint density at radius 1 is 1.40 bits per heavy atom. The summed E-state index contributed by atoms with van der Waals surface area (Å²) in [5, 5.41) is 3.48. The van der Waals surface area contributed by atoms with E-state index in [1.54, 1.807) is 0 Å². The molecule has 2 heteroatoms. The molecule has 0 aromatic heterocycles. The minimum Gasteiger partial charge on any atom is -0.385 e. The van der Waals surface area contributed by atoms with E-state index in [1.165, 1.54) is 27.7 Å². The summed E-state index contributed by atoms with van der Waals surface area (Å²) in [5.74, 6) is 0. The first-order chi connectivity index (χ1) is 7.04. The van der Waals surface area contributed by atoms with Crippen molar-refractivity contribution < 1.29 is 0 Å². The van der Waals surface area contributed by atoms with Gasteiger partial charge in [-0.15, -0.1) is 0 Å². The van der Waals surface area contributed by atoms with Crippen molar-refractivity contribution in [3.05, 3.63) is 27.7 Å². The number of benzene rings is 1. The van der Waals surface area contributed by atoms with Gasteiger partial charge in [0.2, 0.25) is 0 Å². The molecule has 82 valence electrons. The number of anilines is 1. The first-order valence-electron chi connectivity index (χ1n) is 5.61. The maximum Gasteiger partial charge on any atom is 0.0389 e. The average molecular weight is 268 g/mol. The van der Waals surface area contributed by atoms with Crippen LogP contribution in [0.25, 0.3) is 0 Å². The van der Waals surface area contributed by atoms with Crippen LogP contribution in [0, 0.1) is 0 Å². The van der Waals surface area contributed by atoms with Gasteiger partial charge >= 0.3 is 0 Å². The zero-order chi connectivity index (χ0) is 11.1. The van der Waals surface area contributed by atoms with Gasteiger partial charge < -0.3 is 5.32 Å². The Labute approximate surface area is 100 Å². The molecule has 0 saturated carbocycles. The lowest BCUT2D eigenvalue weighted by atomic mass is 9.77. The Hall–Kier alpha value is -0.500. The summed E-state index contributed by atoms with van der Waals surface area (Å²) in [4.78, 5) is 0. The fourth-order valence-corrected chi connectivity index (χ4v) is 2.86. The van der Waals surface area contributed by atoms with Crippen molar-refractivity contribution in [2.45, 2.75) is 39.0 Å². The number of halogens is 1. The van der Waals surface area contributed by atoms with Crippen molar-refractivity contribution in [1.82, 2.24) is 0 Å². The maximum atomic E-state index is 3.63. The summed E-state index contributed by atoms with van der Waals surface area (Å²) in [6, 6.07) is 4.58. The van der Waals surface area contributed by atoms with Crippen LogP contribution in [0.3, 0.4) is 0 Å². The predicted octanol–water partition coefficient (Wildman–Crippen LogP) is 4.10. The van der Waals surface area contributed by atoms with E-state index < -0.39 is 0 Å². The van der Waals surface area contributed by atoms with Crippen molar-refractivity contribution >= 4 is 21.6 Å². The zero-order valence-electron chi connectivity index (χ0n) is 9.65. The lowest BCUT2D eigenvalue weighted by Crippen LogP contribution is -2.28. The van der Waals surface area contributed by atoms with Crippen LogP contribution in [-0.2, 0) is 11.8 Å². The third-order valence-electron chi connectivity index (χ3n) is 3.36. The fourth-order valence-electron chi connectivity index (χ4n) is 2.24. The third kappa shape index (κ3) is 1.92. The molecular weight excluding hydrogens is 250 g/mol. The molecule has 0 spiro atoms. The summed E-state index contributed by atoms with van der Waals surface area (Å²) in [7, 11) is 0. The second kappa shape index (κ2) is 3.82. The molecule has 1 nitrogen and oxygen atoms in total. The summed E-state index contributed by atoms with van der Waals surface area (Å²) in [6.07, 6.45) is 2.30. The summed E-state index contributed by atoms with van der Waals surface area (Å²) in [6.45, 7) is 7.95. The molecule has 0 bridgehead atoms. The first-order valence-corrected chi connectivity index (χ1v) is 6.40. The van der Waals surface area contributed by atoms with Gasteiger partial charge in [-0.05, 0) is 35.4 Å². The molecule has 1 aliphatic heterocycles. The standard InChI is InChI=1S/C13H18BrN/c1-4-9-7-10-12(8-11(9)14)15-6-5-13(10,2)3/h7-8,15H,4-6H2,1-3H3. The van der Waals surface area contributed by atoms with Crippen LogP contribution in [0.1, 0.15) is 38.3 Å². The topological polar surface area (TPSA) is 12.0 Å². The number of nitrogens with one attached hydrogen (secondary N) is 1. The van der Waals surface area contributed by atoms with Crippen LogP contribution < -0.4 is 5.32 Å². The molecule has 1 aromatic rings. The molecule has 1 aliphatic rings. The van der Waals surface area contributed by atoms with Crippen molar-refractivity contribution in [3.8, 4) is 0 Å². The van der Waals surface area contributed by atoms with E-state index in [0.29, 0.717) is 5.41 Å². The largest absolute Gasteiger partial charge is 0.385 e. The minimum atomic E-state index is 0.311. The molecule has 0 fully saturated rings. The first kappa shape index (κ1) is 11.0. The van der Waals surface area contributed by atoms with Crippen molar-refractivity contribution in [2.24, 2.45) is 0 Å². The highest BCUT2D eigenvalue weighted by molar-refractivity contribution is 9.10. The molecule has 0 radical (unpaired) electrons. The molecule has 2 rings (SSSR count). The lowest BCUT2D eigenvalue weighted by molar-refractivity contribution is 0.481. The van der Waals surface area contributed by atoms with E-state index in [1.807, 2.05) is 0 Å². The Morgan fingerprint density at radius 2 is 2.13 bits per heavy atom. The molecule has 0 amide bonds. The van der Waals surface area contributed by atoms with Gasteiger partial charge in [0.15, 0.2) is 0 Å². The second-order valence-electron chi connectivity index (χ2n) is 4.90. The zero-order valence-corrected chi connectivity index (χ0v) is 11.2.